The van der Waals surface area contributed by atoms with E-state index < -0.39 is 11.8 Å². The summed E-state index contributed by atoms with van der Waals surface area (Å²) in [6.45, 7) is 0.944. The molecule has 2 heterocycles. The van der Waals surface area contributed by atoms with Gasteiger partial charge in [-0.2, -0.15) is 0 Å². The Bertz CT molecular complexity index is 607. The van der Waals surface area contributed by atoms with Crippen molar-refractivity contribution >= 4 is 17.5 Å². The number of imide groups is 1. The van der Waals surface area contributed by atoms with E-state index >= 15 is 0 Å². The third kappa shape index (κ3) is 2.95. The quantitative estimate of drug-likeness (QED) is 0.726. The molecule has 0 radical (unpaired) electrons. The van der Waals surface area contributed by atoms with Crippen LogP contribution in [0.5, 0.6) is 5.75 Å². The fourth-order valence-electron chi connectivity index (χ4n) is 2.16. The van der Waals surface area contributed by atoms with Crippen molar-refractivity contribution in [2.45, 2.75) is 6.10 Å². The highest BCUT2D eigenvalue weighted by Gasteiger charge is 2.30. The number of benzene rings is 1. The molecule has 1 aromatic rings. The summed E-state index contributed by atoms with van der Waals surface area (Å²) in [4.78, 5) is 24.6. The maximum atomic E-state index is 12.0. The fraction of sp³-hybridized carbons (Fsp3) is 0.333. The van der Waals surface area contributed by atoms with Crippen molar-refractivity contribution in [2.24, 2.45) is 0 Å². The van der Waals surface area contributed by atoms with Crippen molar-refractivity contribution in [1.29, 1.82) is 0 Å². The topological polar surface area (TPSA) is 88.1 Å². The Balaban J connectivity index is 1.62. The molecule has 0 saturated carbocycles. The predicted molar refractivity (Wildman–Crippen MR) is 77.2 cm³/mol. The van der Waals surface area contributed by atoms with Crippen LogP contribution in [0, 0.1) is 0 Å². The fourth-order valence-corrected chi connectivity index (χ4v) is 2.16. The van der Waals surface area contributed by atoms with Crippen LogP contribution < -0.4 is 10.1 Å². The highest BCUT2D eigenvalue weighted by atomic mass is 16.6. The molecular weight excluding hydrogens is 288 g/mol. The largest absolute Gasteiger partial charge is 0.486 e. The number of ether oxygens (including phenoxy) is 2. The van der Waals surface area contributed by atoms with Crippen LogP contribution in [0.1, 0.15) is 0 Å². The third-order valence-corrected chi connectivity index (χ3v) is 3.38. The van der Waals surface area contributed by atoms with Crippen molar-refractivity contribution in [3.05, 3.63) is 36.0 Å². The van der Waals surface area contributed by atoms with Gasteiger partial charge in [-0.3, -0.25) is 14.5 Å². The standard InChI is InChI=1S/C15H16N2O5/c18-6-5-17-14(19)7-13(15(17)20)16-10-1-3-11(4-2-10)22-12-8-21-9-12/h1-4,7,12,16,18H,5-6,8-9H2. The molecule has 2 aliphatic heterocycles. The minimum Gasteiger partial charge on any atom is -0.486 e. The Kier molecular flexibility index (Phi) is 4.08. The van der Waals surface area contributed by atoms with Crippen LogP contribution in [-0.4, -0.2) is 54.3 Å². The Morgan fingerprint density at radius 1 is 1.27 bits per heavy atom. The van der Waals surface area contributed by atoms with Crippen LogP contribution in [0.2, 0.25) is 0 Å². The summed E-state index contributed by atoms with van der Waals surface area (Å²) in [5.74, 6) is -0.138. The van der Waals surface area contributed by atoms with Crippen molar-refractivity contribution in [3.63, 3.8) is 0 Å². The van der Waals surface area contributed by atoms with Gasteiger partial charge in [-0.25, -0.2) is 0 Å². The Morgan fingerprint density at radius 3 is 2.59 bits per heavy atom. The van der Waals surface area contributed by atoms with Crippen LogP contribution in [0.15, 0.2) is 36.0 Å². The Labute approximate surface area is 127 Å². The highest BCUT2D eigenvalue weighted by Crippen LogP contribution is 2.21. The summed E-state index contributed by atoms with van der Waals surface area (Å²) in [6.07, 6.45) is 1.33. The van der Waals surface area contributed by atoms with E-state index in [1.54, 1.807) is 24.3 Å². The van der Waals surface area contributed by atoms with Crippen LogP contribution >= 0.6 is 0 Å². The molecule has 3 rings (SSSR count). The van der Waals surface area contributed by atoms with Gasteiger partial charge in [-0.05, 0) is 24.3 Å². The number of amides is 2. The zero-order valence-corrected chi connectivity index (χ0v) is 11.8. The van der Waals surface area contributed by atoms with Crippen LogP contribution in [0.25, 0.3) is 0 Å². The lowest BCUT2D eigenvalue weighted by atomic mass is 10.2. The SMILES string of the molecule is O=C1C=C(Nc2ccc(OC3COC3)cc2)C(=O)N1CCO. The molecule has 0 aromatic heterocycles. The molecule has 0 spiro atoms. The zero-order chi connectivity index (χ0) is 15.5. The van der Waals surface area contributed by atoms with Crippen LogP contribution in [0.3, 0.4) is 0 Å². The van der Waals surface area contributed by atoms with Gasteiger partial charge in [-0.1, -0.05) is 0 Å². The second-order valence-corrected chi connectivity index (χ2v) is 5.00. The van der Waals surface area contributed by atoms with Crippen molar-refractivity contribution in [1.82, 2.24) is 4.90 Å². The molecule has 2 N–H and O–H groups in total. The number of nitrogens with one attached hydrogen (secondary N) is 1. The molecule has 116 valence electrons. The summed E-state index contributed by atoms with van der Waals surface area (Å²) < 4.78 is 10.7. The normalized spacial score (nSPS) is 18.2. The monoisotopic (exact) mass is 304 g/mol. The molecule has 22 heavy (non-hydrogen) atoms. The molecular formula is C15H16N2O5. The summed E-state index contributed by atoms with van der Waals surface area (Å²) in [7, 11) is 0. The number of β-amino-alcohol motifs (C(OH)–C–C–N with tert-alkyl or cyclic N) is 1. The van der Waals surface area contributed by atoms with Gasteiger partial charge in [-0.15, -0.1) is 0 Å². The summed E-state index contributed by atoms with van der Waals surface area (Å²) in [6, 6.07) is 7.10. The number of nitrogens with zero attached hydrogens (tertiary/aromatic N) is 1. The smallest absolute Gasteiger partial charge is 0.277 e. The minimum absolute atomic E-state index is 0.00438. The lowest BCUT2D eigenvalue weighted by molar-refractivity contribution is -0.137. The molecule has 7 heteroatoms. The van der Waals surface area contributed by atoms with Crippen LogP contribution in [-0.2, 0) is 14.3 Å². The van der Waals surface area contributed by atoms with Crippen LogP contribution in [0.4, 0.5) is 5.69 Å². The molecule has 0 aliphatic carbocycles. The maximum Gasteiger partial charge on any atom is 0.277 e. The molecule has 2 amide bonds. The predicted octanol–water partition coefficient (Wildman–Crippen LogP) is 0.121. The van der Waals surface area contributed by atoms with E-state index in [4.69, 9.17) is 14.6 Å². The van der Waals surface area contributed by atoms with E-state index in [9.17, 15) is 9.59 Å². The first kappa shape index (κ1) is 14.6. The molecule has 1 saturated heterocycles. The third-order valence-electron chi connectivity index (χ3n) is 3.38. The van der Waals surface area contributed by atoms with Gasteiger partial charge in [0.1, 0.15) is 17.6 Å². The average Bonchev–Trinajstić information content (AvgIpc) is 2.73. The minimum atomic E-state index is -0.439. The summed E-state index contributed by atoms with van der Waals surface area (Å²) >= 11 is 0. The summed E-state index contributed by atoms with van der Waals surface area (Å²) in [5, 5.41) is 11.8. The highest BCUT2D eigenvalue weighted by molar-refractivity contribution is 6.17. The van der Waals surface area contributed by atoms with Crippen molar-refractivity contribution < 1.29 is 24.2 Å². The van der Waals surface area contributed by atoms with Gasteiger partial charge in [0.25, 0.3) is 11.8 Å². The van der Waals surface area contributed by atoms with Gasteiger partial charge in [0.2, 0.25) is 0 Å². The molecule has 1 fully saturated rings. The number of aliphatic hydroxyl groups excluding tert-OH is 1. The zero-order valence-electron chi connectivity index (χ0n) is 11.8. The van der Waals surface area contributed by atoms with E-state index in [1.165, 1.54) is 6.08 Å². The van der Waals surface area contributed by atoms with Gasteiger partial charge >= 0.3 is 0 Å². The molecule has 0 bridgehead atoms. The van der Waals surface area contributed by atoms with E-state index in [1.807, 2.05) is 0 Å². The van der Waals surface area contributed by atoms with E-state index in [2.05, 4.69) is 5.32 Å². The van der Waals surface area contributed by atoms with E-state index in [0.29, 0.717) is 18.9 Å². The number of hydrogen-bond acceptors (Lipinski definition) is 6. The Hall–Kier alpha value is -2.38. The molecule has 1 aromatic carbocycles. The second kappa shape index (κ2) is 6.17. The lowest BCUT2D eigenvalue weighted by Gasteiger charge is -2.26. The van der Waals surface area contributed by atoms with E-state index in [-0.39, 0.29) is 25.0 Å². The van der Waals surface area contributed by atoms with Crippen molar-refractivity contribution in [2.75, 3.05) is 31.7 Å². The van der Waals surface area contributed by atoms with Gasteiger partial charge in [0.15, 0.2) is 0 Å². The lowest BCUT2D eigenvalue weighted by Crippen LogP contribution is -2.38. The molecule has 0 atom stereocenters. The molecule has 7 nitrogen and oxygen atoms in total. The van der Waals surface area contributed by atoms with Gasteiger partial charge < -0.3 is 19.9 Å². The Morgan fingerprint density at radius 2 is 2.00 bits per heavy atom. The number of carbonyl (C=O) groups excluding carboxylic acids is 2. The first-order valence-corrected chi connectivity index (χ1v) is 6.97. The number of anilines is 1. The second-order valence-electron chi connectivity index (χ2n) is 5.00. The van der Waals surface area contributed by atoms with E-state index in [0.717, 1.165) is 10.6 Å². The summed E-state index contributed by atoms with van der Waals surface area (Å²) in [5.41, 5.74) is 0.870. The first-order chi connectivity index (χ1) is 10.7. The van der Waals surface area contributed by atoms with Gasteiger partial charge in [0.05, 0.1) is 26.4 Å². The number of aliphatic hydroxyl groups is 1. The number of rotatable bonds is 6. The average molecular weight is 304 g/mol. The first-order valence-electron chi connectivity index (χ1n) is 6.97. The van der Waals surface area contributed by atoms with Gasteiger partial charge in [0, 0.05) is 11.8 Å². The number of hydrogen-bond donors (Lipinski definition) is 2. The molecule has 0 unspecified atom stereocenters. The maximum absolute atomic E-state index is 12.0. The van der Waals surface area contributed by atoms with Crippen molar-refractivity contribution in [3.8, 4) is 5.75 Å². The molecule has 2 aliphatic rings. The number of carbonyl (C=O) groups is 2.